The topological polar surface area (TPSA) is 83.3 Å². The van der Waals surface area contributed by atoms with Crippen LogP contribution in [-0.4, -0.2) is 47.1 Å². The molecule has 1 fully saturated rings. The summed E-state index contributed by atoms with van der Waals surface area (Å²) >= 11 is 0. The van der Waals surface area contributed by atoms with Gasteiger partial charge in [-0.3, -0.25) is 15.0 Å². The van der Waals surface area contributed by atoms with Crippen molar-refractivity contribution in [3.63, 3.8) is 0 Å². The predicted octanol–water partition coefficient (Wildman–Crippen LogP) is 2.06. The molecule has 1 amide bonds. The van der Waals surface area contributed by atoms with Crippen molar-refractivity contribution in [2.45, 2.75) is 20.3 Å². The Labute approximate surface area is 141 Å². The molecule has 0 saturated carbocycles. The number of pyridine rings is 1. The van der Waals surface area contributed by atoms with Gasteiger partial charge in [-0.15, -0.1) is 0 Å². The molecule has 3 rings (SSSR count). The van der Waals surface area contributed by atoms with Crippen LogP contribution in [0.25, 0.3) is 0 Å². The lowest BCUT2D eigenvalue weighted by atomic mass is 10.1. The lowest BCUT2D eigenvalue weighted by molar-refractivity contribution is -0.117. The summed E-state index contributed by atoms with van der Waals surface area (Å²) in [5, 5.41) is 9.87. The number of hydrogen-bond donors (Lipinski definition) is 2. The van der Waals surface area contributed by atoms with Gasteiger partial charge in [-0.2, -0.15) is 0 Å². The first-order chi connectivity index (χ1) is 11.6. The van der Waals surface area contributed by atoms with Gasteiger partial charge in [0.05, 0.1) is 12.2 Å². The van der Waals surface area contributed by atoms with Gasteiger partial charge in [0.15, 0.2) is 0 Å². The Morgan fingerprint density at radius 2 is 2.25 bits per heavy atom. The number of nitrogens with one attached hydrogen (secondary N) is 2. The van der Waals surface area contributed by atoms with E-state index in [1.807, 2.05) is 32.0 Å². The number of aryl methyl sites for hydroxylation is 2. The highest BCUT2D eigenvalue weighted by Crippen LogP contribution is 2.17. The Balaban J connectivity index is 1.41. The molecule has 2 aromatic heterocycles. The van der Waals surface area contributed by atoms with Crippen LogP contribution < -0.4 is 10.6 Å². The summed E-state index contributed by atoms with van der Waals surface area (Å²) in [7, 11) is 0. The largest absolute Gasteiger partial charge is 0.370 e. The van der Waals surface area contributed by atoms with Crippen molar-refractivity contribution in [3.05, 3.63) is 35.7 Å². The fourth-order valence-electron chi connectivity index (χ4n) is 2.92. The highest BCUT2D eigenvalue weighted by atomic mass is 16.5. The van der Waals surface area contributed by atoms with Crippen LogP contribution in [-0.2, 0) is 4.79 Å². The second kappa shape index (κ2) is 7.44. The van der Waals surface area contributed by atoms with Crippen LogP contribution in [0, 0.1) is 19.8 Å². The lowest BCUT2D eigenvalue weighted by Gasteiger charge is -2.15. The highest BCUT2D eigenvalue weighted by molar-refractivity contribution is 5.90. The van der Waals surface area contributed by atoms with E-state index in [2.05, 4.69) is 25.7 Å². The molecule has 0 unspecified atom stereocenters. The van der Waals surface area contributed by atoms with E-state index in [1.54, 1.807) is 6.07 Å². The number of anilines is 2. The minimum absolute atomic E-state index is 0.0693. The monoisotopic (exact) mass is 329 g/mol. The number of carbonyl (C=O) groups excluding carboxylic acids is 1. The molecule has 0 bridgehead atoms. The molecule has 2 N–H and O–H groups in total. The first kappa shape index (κ1) is 16.4. The highest BCUT2D eigenvalue weighted by Gasteiger charge is 2.24. The van der Waals surface area contributed by atoms with E-state index in [0.717, 1.165) is 43.3 Å². The Bertz CT molecular complexity index is 700. The van der Waals surface area contributed by atoms with Gasteiger partial charge in [-0.05, 0) is 44.9 Å². The van der Waals surface area contributed by atoms with Crippen LogP contribution in [0.1, 0.15) is 17.8 Å². The quantitative estimate of drug-likeness (QED) is 0.844. The molecule has 0 aliphatic carbocycles. The molecular formula is C17H23N5O2. The SMILES string of the molecule is Cc1cc(NC(=O)CN2CC[C@@H](CNc3cccc(C)n3)C2)on1. The molecule has 2 aromatic rings. The van der Waals surface area contributed by atoms with Gasteiger partial charge >= 0.3 is 0 Å². The molecule has 7 nitrogen and oxygen atoms in total. The maximum atomic E-state index is 12.0. The Morgan fingerprint density at radius 1 is 1.38 bits per heavy atom. The summed E-state index contributed by atoms with van der Waals surface area (Å²) in [4.78, 5) is 18.6. The van der Waals surface area contributed by atoms with E-state index < -0.39 is 0 Å². The molecular weight excluding hydrogens is 306 g/mol. The van der Waals surface area contributed by atoms with Crippen LogP contribution >= 0.6 is 0 Å². The number of hydrogen-bond acceptors (Lipinski definition) is 6. The van der Waals surface area contributed by atoms with E-state index in [-0.39, 0.29) is 5.91 Å². The van der Waals surface area contributed by atoms with Crippen molar-refractivity contribution in [2.24, 2.45) is 5.92 Å². The van der Waals surface area contributed by atoms with Gasteiger partial charge in [-0.1, -0.05) is 11.2 Å². The van der Waals surface area contributed by atoms with Crippen molar-refractivity contribution < 1.29 is 9.32 Å². The standard InChI is InChI=1S/C17H23N5O2/c1-12-4-3-5-15(19-12)18-9-14-6-7-22(10-14)11-16(23)20-17-8-13(2)21-24-17/h3-5,8,14H,6-7,9-11H2,1-2H3,(H,18,19)(H,20,23)/t14-/m0/s1. The molecule has 0 radical (unpaired) electrons. The van der Waals surface area contributed by atoms with Crippen LogP contribution in [0.2, 0.25) is 0 Å². The zero-order valence-corrected chi connectivity index (χ0v) is 14.1. The summed E-state index contributed by atoms with van der Waals surface area (Å²) in [6, 6.07) is 7.67. The van der Waals surface area contributed by atoms with E-state index in [1.165, 1.54) is 0 Å². The summed E-state index contributed by atoms with van der Waals surface area (Å²) < 4.78 is 5.00. The minimum atomic E-state index is -0.0693. The second-order valence-electron chi connectivity index (χ2n) is 6.32. The summed E-state index contributed by atoms with van der Waals surface area (Å²) in [5.41, 5.74) is 1.76. The average molecular weight is 329 g/mol. The molecule has 7 heteroatoms. The average Bonchev–Trinajstić information content (AvgIpc) is 3.14. The van der Waals surface area contributed by atoms with E-state index >= 15 is 0 Å². The Morgan fingerprint density at radius 3 is 3.00 bits per heavy atom. The maximum Gasteiger partial charge on any atom is 0.240 e. The summed E-state index contributed by atoms with van der Waals surface area (Å²) in [6.45, 7) is 6.88. The first-order valence-corrected chi connectivity index (χ1v) is 8.21. The fraction of sp³-hybridized carbons (Fsp3) is 0.471. The van der Waals surface area contributed by atoms with Crippen molar-refractivity contribution in [1.82, 2.24) is 15.0 Å². The summed E-state index contributed by atoms with van der Waals surface area (Å²) in [5.74, 6) is 1.76. The predicted molar refractivity (Wildman–Crippen MR) is 91.9 cm³/mol. The molecule has 0 spiro atoms. The normalized spacial score (nSPS) is 17.8. The van der Waals surface area contributed by atoms with E-state index in [0.29, 0.717) is 18.3 Å². The number of rotatable bonds is 6. The number of aromatic nitrogens is 2. The van der Waals surface area contributed by atoms with Crippen LogP contribution in [0.15, 0.2) is 28.8 Å². The van der Waals surface area contributed by atoms with Gasteiger partial charge in [0.25, 0.3) is 0 Å². The van der Waals surface area contributed by atoms with Gasteiger partial charge < -0.3 is 9.84 Å². The van der Waals surface area contributed by atoms with Crippen LogP contribution in [0.3, 0.4) is 0 Å². The number of amides is 1. The van der Waals surface area contributed by atoms with Gasteiger partial charge in [-0.25, -0.2) is 4.98 Å². The number of likely N-dealkylation sites (tertiary alicyclic amines) is 1. The lowest BCUT2D eigenvalue weighted by Crippen LogP contribution is -2.32. The molecule has 0 aromatic carbocycles. The molecule has 1 aliphatic heterocycles. The molecule has 3 heterocycles. The molecule has 1 aliphatic rings. The van der Waals surface area contributed by atoms with Crippen molar-refractivity contribution in [2.75, 3.05) is 36.8 Å². The molecule has 128 valence electrons. The van der Waals surface area contributed by atoms with Crippen LogP contribution in [0.5, 0.6) is 0 Å². The fourth-order valence-corrected chi connectivity index (χ4v) is 2.92. The molecule has 24 heavy (non-hydrogen) atoms. The van der Waals surface area contributed by atoms with Crippen LogP contribution in [0.4, 0.5) is 11.7 Å². The van der Waals surface area contributed by atoms with Crippen molar-refractivity contribution >= 4 is 17.6 Å². The van der Waals surface area contributed by atoms with E-state index in [4.69, 9.17) is 4.52 Å². The zero-order chi connectivity index (χ0) is 16.9. The van der Waals surface area contributed by atoms with Gasteiger partial charge in [0, 0.05) is 24.8 Å². The van der Waals surface area contributed by atoms with Gasteiger partial charge in [0.1, 0.15) is 5.82 Å². The van der Waals surface area contributed by atoms with Crippen molar-refractivity contribution in [3.8, 4) is 0 Å². The zero-order valence-electron chi connectivity index (χ0n) is 14.1. The second-order valence-corrected chi connectivity index (χ2v) is 6.32. The smallest absolute Gasteiger partial charge is 0.240 e. The first-order valence-electron chi connectivity index (χ1n) is 8.21. The van der Waals surface area contributed by atoms with E-state index in [9.17, 15) is 4.79 Å². The number of nitrogens with zero attached hydrogens (tertiary/aromatic N) is 3. The maximum absolute atomic E-state index is 12.0. The summed E-state index contributed by atoms with van der Waals surface area (Å²) in [6.07, 6.45) is 1.08. The Hall–Kier alpha value is -2.41. The third-order valence-electron chi connectivity index (χ3n) is 4.09. The minimum Gasteiger partial charge on any atom is -0.370 e. The third kappa shape index (κ3) is 4.55. The number of carbonyl (C=O) groups is 1. The third-order valence-corrected chi connectivity index (χ3v) is 4.09. The Kier molecular flexibility index (Phi) is 5.10. The molecule has 1 saturated heterocycles. The van der Waals surface area contributed by atoms with Crippen molar-refractivity contribution in [1.29, 1.82) is 0 Å². The molecule has 1 atom stereocenters. The van der Waals surface area contributed by atoms with Gasteiger partial charge in [0.2, 0.25) is 11.8 Å².